The van der Waals surface area contributed by atoms with E-state index in [0.29, 0.717) is 39.6 Å². The summed E-state index contributed by atoms with van der Waals surface area (Å²) in [5, 5.41) is 1.02. The maximum Gasteiger partial charge on any atom is 0.119 e. The van der Waals surface area contributed by atoms with E-state index in [1.54, 1.807) is 0 Å². The topological polar surface area (TPSA) is 36.9 Å². The fourth-order valence-electron chi connectivity index (χ4n) is 5.99. The van der Waals surface area contributed by atoms with Crippen molar-refractivity contribution in [3.8, 4) is 11.5 Å². The Kier molecular flexibility index (Phi) is 13.3. The molecule has 0 amide bonds. The lowest BCUT2D eigenvalue weighted by atomic mass is 9.65. The van der Waals surface area contributed by atoms with Crippen LogP contribution in [0.1, 0.15) is 50.9 Å². The van der Waals surface area contributed by atoms with E-state index in [1.165, 1.54) is 44.5 Å². The maximum atomic E-state index is 6.07. The average molecular weight is 708 g/mol. The van der Waals surface area contributed by atoms with Crippen molar-refractivity contribution in [1.29, 1.82) is 0 Å². The lowest BCUT2D eigenvalue weighted by molar-refractivity contribution is 0.0273. The lowest BCUT2D eigenvalue weighted by Gasteiger charge is -2.37. The van der Waals surface area contributed by atoms with Crippen LogP contribution < -0.4 is 9.47 Å². The van der Waals surface area contributed by atoms with E-state index in [9.17, 15) is 0 Å². The van der Waals surface area contributed by atoms with Gasteiger partial charge in [0.05, 0.1) is 31.8 Å². The van der Waals surface area contributed by atoms with E-state index < -0.39 is 5.41 Å². The van der Waals surface area contributed by atoms with Gasteiger partial charge in [-0.25, -0.2) is 0 Å². The summed E-state index contributed by atoms with van der Waals surface area (Å²) in [6.07, 6.45) is 2.21. The summed E-state index contributed by atoms with van der Waals surface area (Å²) in [5.41, 5.74) is 9.43. The van der Waals surface area contributed by atoms with E-state index in [0.717, 1.165) is 29.7 Å². The van der Waals surface area contributed by atoms with E-state index in [-0.39, 0.29) is 0 Å². The zero-order chi connectivity index (χ0) is 33.6. The fraction of sp³-hybridized carbons (Fsp3) is 0.302. The van der Waals surface area contributed by atoms with Crippen LogP contribution in [0.25, 0.3) is 0 Å². The van der Waals surface area contributed by atoms with E-state index in [4.69, 9.17) is 18.9 Å². The third kappa shape index (κ3) is 9.37. The average Bonchev–Trinajstić information content (AvgIpc) is 3.11. The SMILES string of the molecule is Cc1ccc(C(c2ccc(C)cc2)(c2ccc(C)cc2)c2ccc(OCCOCCOCCOc3ccc(CCCBr)cc3)cc2)cc1. The Morgan fingerprint density at radius 3 is 1.15 bits per heavy atom. The van der Waals surface area contributed by atoms with Crippen molar-refractivity contribution in [3.05, 3.63) is 166 Å². The molecule has 5 aromatic carbocycles. The molecule has 0 saturated carbocycles. The number of halogens is 1. The lowest BCUT2D eigenvalue weighted by Crippen LogP contribution is -2.31. The molecule has 0 aromatic heterocycles. The van der Waals surface area contributed by atoms with Crippen molar-refractivity contribution in [2.75, 3.05) is 45.0 Å². The minimum Gasteiger partial charge on any atom is -0.491 e. The van der Waals surface area contributed by atoms with Crippen LogP contribution in [0.15, 0.2) is 121 Å². The minimum atomic E-state index is -0.487. The van der Waals surface area contributed by atoms with E-state index in [2.05, 4.69) is 146 Å². The standard InChI is InChI=1S/C43H47BrO4/c1-33-6-14-37(15-7-33)43(38-16-8-34(2)9-17-38,39-18-10-35(3)11-19-39)40-20-24-42(25-21-40)48-32-30-46-28-27-45-29-31-47-41-22-12-36(13-23-41)5-4-26-44/h6-25H,4-5,26-32H2,1-3H3. The molecule has 0 aliphatic heterocycles. The monoisotopic (exact) mass is 706 g/mol. The summed E-state index contributed by atoms with van der Waals surface area (Å²) in [5.74, 6) is 1.69. The summed E-state index contributed by atoms with van der Waals surface area (Å²) in [4.78, 5) is 0. The molecule has 0 atom stereocenters. The van der Waals surface area contributed by atoms with Gasteiger partial charge in [-0.1, -0.05) is 130 Å². The first-order chi connectivity index (χ1) is 23.5. The smallest absolute Gasteiger partial charge is 0.119 e. The number of aryl methyl sites for hydroxylation is 4. The predicted octanol–water partition coefficient (Wildman–Crippen LogP) is 9.81. The van der Waals surface area contributed by atoms with Gasteiger partial charge < -0.3 is 18.9 Å². The molecule has 4 nitrogen and oxygen atoms in total. The molecular formula is C43H47BrO4. The number of ether oxygens (including phenoxy) is 4. The highest BCUT2D eigenvalue weighted by Gasteiger charge is 2.38. The van der Waals surface area contributed by atoms with Crippen LogP contribution in [0, 0.1) is 20.8 Å². The Bertz CT molecular complexity index is 1530. The second-order valence-electron chi connectivity index (χ2n) is 12.2. The van der Waals surface area contributed by atoms with Crippen LogP contribution in [0.5, 0.6) is 11.5 Å². The Hall–Kier alpha value is -3.90. The third-order valence-corrected chi connectivity index (χ3v) is 9.19. The molecule has 0 radical (unpaired) electrons. The number of alkyl halides is 1. The van der Waals surface area contributed by atoms with Crippen molar-refractivity contribution in [3.63, 3.8) is 0 Å². The largest absolute Gasteiger partial charge is 0.491 e. The summed E-state index contributed by atoms with van der Waals surface area (Å²) in [7, 11) is 0. The first kappa shape index (κ1) is 35.4. The van der Waals surface area contributed by atoms with Crippen molar-refractivity contribution in [1.82, 2.24) is 0 Å². The quantitative estimate of drug-likeness (QED) is 0.0517. The number of benzene rings is 5. The first-order valence-electron chi connectivity index (χ1n) is 16.9. The van der Waals surface area contributed by atoms with Gasteiger partial charge in [0, 0.05) is 5.33 Å². The molecular weight excluding hydrogens is 660 g/mol. The molecule has 48 heavy (non-hydrogen) atoms. The van der Waals surface area contributed by atoms with Crippen LogP contribution in [0.4, 0.5) is 0 Å². The van der Waals surface area contributed by atoms with Gasteiger partial charge in [0.1, 0.15) is 24.7 Å². The number of hydrogen-bond donors (Lipinski definition) is 0. The molecule has 0 spiro atoms. The Morgan fingerprint density at radius 1 is 0.438 bits per heavy atom. The van der Waals surface area contributed by atoms with E-state index >= 15 is 0 Å². The Morgan fingerprint density at radius 2 is 0.771 bits per heavy atom. The molecule has 0 N–H and O–H groups in total. The molecule has 250 valence electrons. The van der Waals surface area contributed by atoms with Crippen LogP contribution in [-0.2, 0) is 21.3 Å². The van der Waals surface area contributed by atoms with Gasteiger partial charge in [-0.05, 0) is 85.7 Å². The van der Waals surface area contributed by atoms with Crippen molar-refractivity contribution in [2.24, 2.45) is 0 Å². The van der Waals surface area contributed by atoms with Gasteiger partial charge in [-0.3, -0.25) is 0 Å². The highest BCUT2D eigenvalue weighted by molar-refractivity contribution is 9.09. The number of hydrogen-bond acceptors (Lipinski definition) is 4. The molecule has 0 aliphatic carbocycles. The zero-order valence-corrected chi connectivity index (χ0v) is 30.0. The second kappa shape index (κ2) is 18.0. The summed E-state index contributed by atoms with van der Waals surface area (Å²) < 4.78 is 23.3. The van der Waals surface area contributed by atoms with Gasteiger partial charge >= 0.3 is 0 Å². The van der Waals surface area contributed by atoms with Crippen molar-refractivity contribution >= 4 is 15.9 Å². The molecule has 0 aliphatic rings. The molecule has 0 saturated heterocycles. The molecule has 5 rings (SSSR count). The summed E-state index contributed by atoms with van der Waals surface area (Å²) >= 11 is 3.48. The van der Waals surface area contributed by atoms with Crippen LogP contribution >= 0.6 is 15.9 Å². The highest BCUT2D eigenvalue weighted by atomic mass is 79.9. The molecule has 0 bridgehead atoms. The summed E-state index contributed by atoms with van der Waals surface area (Å²) in [6, 6.07) is 43.6. The zero-order valence-electron chi connectivity index (χ0n) is 28.4. The summed E-state index contributed by atoms with van der Waals surface area (Å²) in [6.45, 7) is 9.42. The third-order valence-electron chi connectivity index (χ3n) is 8.63. The molecule has 0 heterocycles. The number of rotatable bonds is 18. The highest BCUT2D eigenvalue weighted by Crippen LogP contribution is 2.45. The first-order valence-corrected chi connectivity index (χ1v) is 18.0. The van der Waals surface area contributed by atoms with Gasteiger partial charge in [0.2, 0.25) is 0 Å². The van der Waals surface area contributed by atoms with Gasteiger partial charge in [0.15, 0.2) is 0 Å². The maximum absolute atomic E-state index is 6.07. The van der Waals surface area contributed by atoms with Gasteiger partial charge in [-0.2, -0.15) is 0 Å². The van der Waals surface area contributed by atoms with Crippen molar-refractivity contribution in [2.45, 2.75) is 39.0 Å². The fourth-order valence-corrected chi connectivity index (χ4v) is 6.27. The van der Waals surface area contributed by atoms with Crippen LogP contribution in [0.3, 0.4) is 0 Å². The molecule has 0 unspecified atom stereocenters. The normalized spacial score (nSPS) is 11.4. The Labute approximate surface area is 295 Å². The van der Waals surface area contributed by atoms with Gasteiger partial charge in [0.25, 0.3) is 0 Å². The Balaban J connectivity index is 1.15. The predicted molar refractivity (Wildman–Crippen MR) is 200 cm³/mol. The minimum absolute atomic E-state index is 0.465. The second-order valence-corrected chi connectivity index (χ2v) is 13.0. The van der Waals surface area contributed by atoms with Crippen LogP contribution in [0.2, 0.25) is 0 Å². The molecule has 0 fully saturated rings. The van der Waals surface area contributed by atoms with E-state index in [1.807, 2.05) is 12.1 Å². The van der Waals surface area contributed by atoms with Crippen molar-refractivity contribution < 1.29 is 18.9 Å². The molecule has 5 aromatic rings. The van der Waals surface area contributed by atoms with Crippen LogP contribution in [-0.4, -0.2) is 45.0 Å². The van der Waals surface area contributed by atoms with Gasteiger partial charge in [-0.15, -0.1) is 0 Å². The molecule has 5 heteroatoms.